The van der Waals surface area contributed by atoms with Crippen molar-refractivity contribution in [2.75, 3.05) is 5.73 Å². The maximum Gasteiger partial charge on any atom is 0.321 e. The van der Waals surface area contributed by atoms with E-state index < -0.39 is 28.4 Å². The Morgan fingerprint density at radius 3 is 2.57 bits per heavy atom. The smallest absolute Gasteiger partial charge is 0.321 e. The molecule has 0 bridgehead atoms. The molecule has 8 heteroatoms. The Labute approximate surface area is 90.6 Å². The molecule has 0 spiro atoms. The molecule has 14 heavy (non-hydrogen) atoms. The highest BCUT2D eigenvalue weighted by Gasteiger charge is 2.28. The fraction of sp³-hybridized carbons (Fsp3) is 0.167. The SMILES string of the molecule is Nc1ncc(I)c(C(F)F)c1[N+](=O)[O-]. The fourth-order valence-electron chi connectivity index (χ4n) is 0.907. The molecule has 0 saturated carbocycles. The number of aromatic nitrogens is 1. The predicted octanol–water partition coefficient (Wildman–Crippen LogP) is 2.11. The first-order valence-corrected chi connectivity index (χ1v) is 4.39. The van der Waals surface area contributed by atoms with Crippen LogP contribution in [0.1, 0.15) is 12.0 Å². The van der Waals surface area contributed by atoms with Gasteiger partial charge in [-0.2, -0.15) is 0 Å². The molecule has 0 saturated heterocycles. The van der Waals surface area contributed by atoms with E-state index in [9.17, 15) is 18.9 Å². The number of pyridine rings is 1. The molecule has 0 aliphatic heterocycles. The van der Waals surface area contributed by atoms with Crippen LogP contribution in [0.2, 0.25) is 0 Å². The van der Waals surface area contributed by atoms with Gasteiger partial charge in [0.15, 0.2) is 0 Å². The summed E-state index contributed by atoms with van der Waals surface area (Å²) in [6, 6.07) is 0. The fourth-order valence-corrected chi connectivity index (χ4v) is 1.54. The van der Waals surface area contributed by atoms with Gasteiger partial charge < -0.3 is 5.73 Å². The van der Waals surface area contributed by atoms with Crippen LogP contribution in [0.3, 0.4) is 0 Å². The Morgan fingerprint density at radius 1 is 1.64 bits per heavy atom. The van der Waals surface area contributed by atoms with Crippen molar-refractivity contribution in [3.63, 3.8) is 0 Å². The summed E-state index contributed by atoms with van der Waals surface area (Å²) in [5, 5.41) is 10.4. The second-order valence-corrected chi connectivity index (χ2v) is 3.47. The van der Waals surface area contributed by atoms with E-state index >= 15 is 0 Å². The third-order valence-corrected chi connectivity index (χ3v) is 2.33. The second-order valence-electron chi connectivity index (χ2n) is 2.31. The summed E-state index contributed by atoms with van der Waals surface area (Å²) in [5.74, 6) is -0.495. The van der Waals surface area contributed by atoms with Gasteiger partial charge >= 0.3 is 5.69 Å². The van der Waals surface area contributed by atoms with E-state index in [1.807, 2.05) is 0 Å². The quantitative estimate of drug-likeness (QED) is 0.515. The van der Waals surface area contributed by atoms with Crippen LogP contribution in [0.5, 0.6) is 0 Å². The summed E-state index contributed by atoms with van der Waals surface area (Å²) in [6.45, 7) is 0. The van der Waals surface area contributed by atoms with Gasteiger partial charge in [0.2, 0.25) is 5.82 Å². The normalized spacial score (nSPS) is 10.6. The summed E-state index contributed by atoms with van der Waals surface area (Å²) in [4.78, 5) is 12.9. The number of alkyl halides is 2. The van der Waals surface area contributed by atoms with Crippen LogP contribution < -0.4 is 5.73 Å². The Hall–Kier alpha value is -1.06. The lowest BCUT2D eigenvalue weighted by Crippen LogP contribution is -2.05. The number of nitrogens with two attached hydrogens (primary N) is 1. The lowest BCUT2D eigenvalue weighted by atomic mass is 10.2. The lowest BCUT2D eigenvalue weighted by Gasteiger charge is -2.05. The number of hydrogen-bond donors (Lipinski definition) is 1. The maximum absolute atomic E-state index is 12.4. The summed E-state index contributed by atoms with van der Waals surface area (Å²) < 4.78 is 24.9. The minimum atomic E-state index is -2.94. The van der Waals surface area contributed by atoms with Crippen LogP contribution in [0.15, 0.2) is 6.20 Å². The van der Waals surface area contributed by atoms with Crippen LogP contribution in [0, 0.1) is 13.7 Å². The highest BCUT2D eigenvalue weighted by molar-refractivity contribution is 14.1. The first-order chi connectivity index (χ1) is 6.45. The van der Waals surface area contributed by atoms with Gasteiger partial charge in [-0.3, -0.25) is 10.1 Å². The van der Waals surface area contributed by atoms with E-state index in [0.717, 1.165) is 6.20 Å². The molecule has 1 aromatic heterocycles. The monoisotopic (exact) mass is 315 g/mol. The predicted molar refractivity (Wildman–Crippen MR) is 53.0 cm³/mol. The van der Waals surface area contributed by atoms with Gasteiger partial charge in [0.25, 0.3) is 6.43 Å². The highest BCUT2D eigenvalue weighted by atomic mass is 127. The number of halogens is 3. The Kier molecular flexibility index (Phi) is 3.13. The summed E-state index contributed by atoms with van der Waals surface area (Å²) in [7, 11) is 0. The lowest BCUT2D eigenvalue weighted by molar-refractivity contribution is -0.385. The Morgan fingerprint density at radius 2 is 2.21 bits per heavy atom. The standard InChI is InChI=1S/C6H4F2IN3O2/c7-5(8)3-2(9)1-11-6(10)4(3)12(13)14/h1,5H,(H2,10,11). The van der Waals surface area contributed by atoms with Gasteiger partial charge in [0.1, 0.15) is 5.56 Å². The van der Waals surface area contributed by atoms with Gasteiger partial charge in [0, 0.05) is 9.77 Å². The second kappa shape index (κ2) is 3.98. The Balaban J connectivity index is 3.50. The van der Waals surface area contributed by atoms with Crippen molar-refractivity contribution in [1.82, 2.24) is 4.98 Å². The van der Waals surface area contributed by atoms with E-state index in [4.69, 9.17) is 5.73 Å². The largest absolute Gasteiger partial charge is 0.378 e. The number of hydrogen-bond acceptors (Lipinski definition) is 4. The molecule has 0 radical (unpaired) electrons. The van der Waals surface area contributed by atoms with Crippen molar-refractivity contribution in [2.24, 2.45) is 0 Å². The molecule has 1 rings (SSSR count). The van der Waals surface area contributed by atoms with Crippen molar-refractivity contribution < 1.29 is 13.7 Å². The van der Waals surface area contributed by atoms with Crippen molar-refractivity contribution in [3.8, 4) is 0 Å². The maximum atomic E-state index is 12.4. The summed E-state index contributed by atoms with van der Waals surface area (Å²) in [5.41, 5.74) is 3.65. The minimum Gasteiger partial charge on any atom is -0.378 e. The number of nitrogens with zero attached hydrogens (tertiary/aromatic N) is 2. The molecule has 1 aromatic rings. The van der Waals surface area contributed by atoms with Gasteiger partial charge in [0.05, 0.1) is 4.92 Å². The molecule has 1 heterocycles. The van der Waals surface area contributed by atoms with E-state index in [-0.39, 0.29) is 3.57 Å². The third-order valence-electron chi connectivity index (χ3n) is 1.47. The van der Waals surface area contributed by atoms with E-state index in [1.54, 1.807) is 22.6 Å². The number of anilines is 1. The molecular weight excluding hydrogens is 311 g/mol. The van der Waals surface area contributed by atoms with Crippen LogP contribution in [0.4, 0.5) is 20.3 Å². The molecule has 0 fully saturated rings. The first-order valence-electron chi connectivity index (χ1n) is 3.31. The van der Waals surface area contributed by atoms with E-state index in [0.29, 0.717) is 0 Å². The average molecular weight is 315 g/mol. The zero-order valence-corrected chi connectivity index (χ0v) is 8.73. The third kappa shape index (κ3) is 1.89. The summed E-state index contributed by atoms with van der Waals surface area (Å²) in [6.07, 6.45) is -1.86. The van der Waals surface area contributed by atoms with Gasteiger partial charge in [-0.05, 0) is 22.6 Å². The average Bonchev–Trinajstić information content (AvgIpc) is 2.07. The van der Waals surface area contributed by atoms with E-state index in [2.05, 4.69) is 4.98 Å². The van der Waals surface area contributed by atoms with Gasteiger partial charge in [-0.1, -0.05) is 0 Å². The van der Waals surface area contributed by atoms with E-state index in [1.165, 1.54) is 0 Å². The molecule has 0 aliphatic rings. The number of nitro groups is 1. The van der Waals surface area contributed by atoms with Crippen molar-refractivity contribution in [2.45, 2.75) is 6.43 Å². The van der Waals surface area contributed by atoms with Crippen molar-refractivity contribution in [3.05, 3.63) is 25.4 Å². The van der Waals surface area contributed by atoms with Crippen LogP contribution in [0.25, 0.3) is 0 Å². The number of rotatable bonds is 2. The zero-order chi connectivity index (χ0) is 10.9. The molecule has 76 valence electrons. The molecule has 0 unspecified atom stereocenters. The van der Waals surface area contributed by atoms with Gasteiger partial charge in [-0.15, -0.1) is 0 Å². The highest BCUT2D eigenvalue weighted by Crippen LogP contribution is 2.35. The Bertz CT molecular complexity index is 386. The molecule has 0 aliphatic carbocycles. The van der Waals surface area contributed by atoms with Gasteiger partial charge in [-0.25, -0.2) is 13.8 Å². The summed E-state index contributed by atoms with van der Waals surface area (Å²) >= 11 is 1.55. The van der Waals surface area contributed by atoms with Crippen LogP contribution >= 0.6 is 22.6 Å². The molecule has 0 amide bonds. The molecule has 2 N–H and O–H groups in total. The first kappa shape index (κ1) is 11.0. The van der Waals surface area contributed by atoms with Crippen molar-refractivity contribution in [1.29, 1.82) is 0 Å². The molecular formula is C6H4F2IN3O2. The van der Waals surface area contributed by atoms with Crippen molar-refractivity contribution >= 4 is 34.1 Å². The zero-order valence-electron chi connectivity index (χ0n) is 6.58. The molecule has 0 aromatic carbocycles. The molecule has 5 nitrogen and oxygen atoms in total. The minimum absolute atomic E-state index is 0.0264. The van der Waals surface area contributed by atoms with Crippen LogP contribution in [-0.4, -0.2) is 9.91 Å². The molecule has 0 atom stereocenters. The van der Waals surface area contributed by atoms with Crippen LogP contribution in [-0.2, 0) is 0 Å². The topological polar surface area (TPSA) is 82.0 Å². The number of nitrogen functional groups attached to an aromatic ring is 1.